The van der Waals surface area contributed by atoms with E-state index in [2.05, 4.69) is 0 Å². The summed E-state index contributed by atoms with van der Waals surface area (Å²) in [4.78, 5) is 25.0. The van der Waals surface area contributed by atoms with Crippen molar-refractivity contribution in [3.8, 4) is 0 Å². The van der Waals surface area contributed by atoms with Crippen LogP contribution in [0.3, 0.4) is 0 Å². The van der Waals surface area contributed by atoms with Crippen molar-refractivity contribution in [1.29, 1.82) is 0 Å². The standard InChI is InChI=1S/C16H16F3NO4/c17-16(18,19)10-3-1-2-9(6-10)11-7-12(11)14(21)20-4-5-24-8-13(20)15(22)23/h1-3,6,11-13H,4-5,7-8H2,(H,22,23). The van der Waals surface area contributed by atoms with Crippen molar-refractivity contribution < 1.29 is 32.6 Å². The predicted molar refractivity (Wildman–Crippen MR) is 76.2 cm³/mol. The molecule has 0 aromatic heterocycles. The molecule has 0 spiro atoms. The number of carbonyl (C=O) groups is 2. The molecular weight excluding hydrogens is 327 g/mol. The van der Waals surface area contributed by atoms with Gasteiger partial charge in [0, 0.05) is 12.5 Å². The van der Waals surface area contributed by atoms with E-state index in [0.29, 0.717) is 12.0 Å². The fourth-order valence-electron chi connectivity index (χ4n) is 3.07. The number of carboxylic acids is 1. The van der Waals surface area contributed by atoms with Gasteiger partial charge >= 0.3 is 12.1 Å². The van der Waals surface area contributed by atoms with Gasteiger partial charge in [-0.05, 0) is 24.0 Å². The van der Waals surface area contributed by atoms with E-state index in [1.807, 2.05) is 0 Å². The topological polar surface area (TPSA) is 66.8 Å². The number of carbonyl (C=O) groups excluding carboxylic acids is 1. The van der Waals surface area contributed by atoms with Gasteiger partial charge in [0.15, 0.2) is 6.04 Å². The summed E-state index contributed by atoms with van der Waals surface area (Å²) in [6, 6.07) is 3.92. The van der Waals surface area contributed by atoms with Crippen molar-refractivity contribution >= 4 is 11.9 Å². The largest absolute Gasteiger partial charge is 0.480 e. The van der Waals surface area contributed by atoms with Crippen molar-refractivity contribution in [3.63, 3.8) is 0 Å². The molecule has 8 heteroatoms. The van der Waals surface area contributed by atoms with E-state index < -0.39 is 29.7 Å². The molecule has 0 bridgehead atoms. The average Bonchev–Trinajstić information content (AvgIpc) is 3.34. The number of ether oxygens (including phenoxy) is 1. The molecule has 3 unspecified atom stereocenters. The summed E-state index contributed by atoms with van der Waals surface area (Å²) in [6.07, 6.45) is -3.99. The summed E-state index contributed by atoms with van der Waals surface area (Å²) in [5.41, 5.74) is -0.281. The van der Waals surface area contributed by atoms with Gasteiger partial charge in [-0.25, -0.2) is 4.79 Å². The molecule has 1 N–H and O–H groups in total. The maximum absolute atomic E-state index is 12.8. The van der Waals surface area contributed by atoms with E-state index in [4.69, 9.17) is 9.84 Å². The molecule has 3 rings (SSSR count). The second kappa shape index (κ2) is 6.08. The Morgan fingerprint density at radius 2 is 2.04 bits per heavy atom. The van der Waals surface area contributed by atoms with Crippen molar-refractivity contribution in [3.05, 3.63) is 35.4 Å². The third kappa shape index (κ3) is 3.24. The number of morpholine rings is 1. The maximum atomic E-state index is 12.8. The second-order valence-corrected chi connectivity index (χ2v) is 6.03. The number of rotatable bonds is 3. The number of hydrogen-bond acceptors (Lipinski definition) is 3. The van der Waals surface area contributed by atoms with Crippen molar-refractivity contribution in [2.45, 2.75) is 24.6 Å². The molecule has 1 amide bonds. The summed E-state index contributed by atoms with van der Waals surface area (Å²) in [7, 11) is 0. The number of amides is 1. The summed E-state index contributed by atoms with van der Waals surface area (Å²) in [5.74, 6) is -2.22. The van der Waals surface area contributed by atoms with Gasteiger partial charge in [0.2, 0.25) is 5.91 Å². The lowest BCUT2D eigenvalue weighted by atomic mass is 10.0. The van der Waals surface area contributed by atoms with Crippen molar-refractivity contribution in [2.24, 2.45) is 5.92 Å². The number of aliphatic carboxylic acids is 1. The van der Waals surface area contributed by atoms with Gasteiger partial charge in [0.1, 0.15) is 0 Å². The third-order valence-corrected chi connectivity index (χ3v) is 4.45. The number of alkyl halides is 3. The Labute approximate surface area is 136 Å². The van der Waals surface area contributed by atoms with Crippen LogP contribution >= 0.6 is 0 Å². The molecular formula is C16H16F3NO4. The van der Waals surface area contributed by atoms with Crippen LogP contribution in [0, 0.1) is 5.92 Å². The summed E-state index contributed by atoms with van der Waals surface area (Å²) in [6.45, 7) is 0.375. The van der Waals surface area contributed by atoms with Gasteiger partial charge in [-0.2, -0.15) is 13.2 Å². The van der Waals surface area contributed by atoms with E-state index >= 15 is 0 Å². The number of carboxylic acid groups (broad SMARTS) is 1. The van der Waals surface area contributed by atoms with Crippen molar-refractivity contribution in [1.82, 2.24) is 4.90 Å². The van der Waals surface area contributed by atoms with Crippen LogP contribution in [-0.4, -0.2) is 47.7 Å². The molecule has 1 aromatic rings. The molecule has 5 nitrogen and oxygen atoms in total. The molecule has 0 radical (unpaired) electrons. The van der Waals surface area contributed by atoms with Crippen LogP contribution in [0.5, 0.6) is 0 Å². The molecule has 2 aliphatic rings. The van der Waals surface area contributed by atoms with E-state index in [0.717, 1.165) is 12.1 Å². The fraction of sp³-hybridized carbons (Fsp3) is 0.500. The lowest BCUT2D eigenvalue weighted by Gasteiger charge is -2.33. The van der Waals surface area contributed by atoms with Gasteiger partial charge in [0.05, 0.1) is 18.8 Å². The van der Waals surface area contributed by atoms with Crippen LogP contribution < -0.4 is 0 Å². The molecule has 2 fully saturated rings. The maximum Gasteiger partial charge on any atom is 0.416 e. The summed E-state index contributed by atoms with van der Waals surface area (Å²) in [5, 5.41) is 9.17. The van der Waals surface area contributed by atoms with E-state index in [9.17, 15) is 22.8 Å². The minimum absolute atomic E-state index is 0.0674. The summed E-state index contributed by atoms with van der Waals surface area (Å²) >= 11 is 0. The number of nitrogens with zero attached hydrogens (tertiary/aromatic N) is 1. The highest BCUT2D eigenvalue weighted by atomic mass is 19.4. The van der Waals surface area contributed by atoms with Gasteiger partial charge < -0.3 is 14.7 Å². The first-order valence-electron chi connectivity index (χ1n) is 7.57. The van der Waals surface area contributed by atoms with Crippen molar-refractivity contribution in [2.75, 3.05) is 19.8 Å². The minimum atomic E-state index is -4.43. The SMILES string of the molecule is O=C(O)C1COCCN1C(=O)C1CC1c1cccc(C(F)(F)F)c1. The highest BCUT2D eigenvalue weighted by Gasteiger charge is 2.48. The van der Waals surface area contributed by atoms with Crippen LogP contribution in [0.4, 0.5) is 13.2 Å². The zero-order valence-corrected chi connectivity index (χ0v) is 12.6. The van der Waals surface area contributed by atoms with Crippen LogP contribution in [0.2, 0.25) is 0 Å². The van der Waals surface area contributed by atoms with E-state index in [-0.39, 0.29) is 31.6 Å². The monoisotopic (exact) mass is 343 g/mol. The first kappa shape index (κ1) is 16.8. The Morgan fingerprint density at radius 1 is 1.29 bits per heavy atom. The number of benzene rings is 1. The predicted octanol–water partition coefficient (Wildman–Crippen LogP) is 2.12. The molecule has 1 aliphatic carbocycles. The minimum Gasteiger partial charge on any atom is -0.480 e. The smallest absolute Gasteiger partial charge is 0.416 e. The second-order valence-electron chi connectivity index (χ2n) is 6.03. The zero-order valence-electron chi connectivity index (χ0n) is 12.6. The molecule has 3 atom stereocenters. The Morgan fingerprint density at radius 3 is 2.71 bits per heavy atom. The van der Waals surface area contributed by atoms with E-state index in [1.165, 1.54) is 11.0 Å². The number of hydrogen-bond donors (Lipinski definition) is 1. The van der Waals surface area contributed by atoms with E-state index in [1.54, 1.807) is 6.07 Å². The Balaban J connectivity index is 1.73. The van der Waals surface area contributed by atoms with Crippen LogP contribution in [0.15, 0.2) is 24.3 Å². The Kier molecular flexibility index (Phi) is 4.25. The Hall–Kier alpha value is -2.09. The molecule has 1 saturated heterocycles. The third-order valence-electron chi connectivity index (χ3n) is 4.45. The quantitative estimate of drug-likeness (QED) is 0.913. The van der Waals surface area contributed by atoms with Gasteiger partial charge in [-0.15, -0.1) is 0 Å². The molecule has 1 aliphatic heterocycles. The molecule has 130 valence electrons. The number of halogens is 3. The lowest BCUT2D eigenvalue weighted by molar-refractivity contribution is -0.158. The summed E-state index contributed by atoms with van der Waals surface area (Å²) < 4.78 is 43.4. The van der Waals surface area contributed by atoms with Gasteiger partial charge in [0.25, 0.3) is 0 Å². The molecule has 1 saturated carbocycles. The van der Waals surface area contributed by atoms with Crippen LogP contribution in [-0.2, 0) is 20.5 Å². The van der Waals surface area contributed by atoms with Crippen LogP contribution in [0.1, 0.15) is 23.5 Å². The van der Waals surface area contributed by atoms with Gasteiger partial charge in [-0.1, -0.05) is 18.2 Å². The van der Waals surface area contributed by atoms with Crippen LogP contribution in [0.25, 0.3) is 0 Å². The highest BCUT2D eigenvalue weighted by molar-refractivity contribution is 5.88. The zero-order chi connectivity index (χ0) is 17.5. The lowest BCUT2D eigenvalue weighted by Crippen LogP contribution is -2.53. The normalized spacial score (nSPS) is 27.0. The molecule has 24 heavy (non-hydrogen) atoms. The fourth-order valence-corrected chi connectivity index (χ4v) is 3.07. The Bertz CT molecular complexity index is 661. The molecule has 1 heterocycles. The average molecular weight is 343 g/mol. The first-order valence-corrected chi connectivity index (χ1v) is 7.57. The molecule has 1 aromatic carbocycles. The highest BCUT2D eigenvalue weighted by Crippen LogP contribution is 2.49. The first-order chi connectivity index (χ1) is 11.3. The van der Waals surface area contributed by atoms with Gasteiger partial charge in [-0.3, -0.25) is 4.79 Å².